The molecule has 2 saturated carbocycles. The number of hydrogen-bond donors (Lipinski definition) is 0. The van der Waals surface area contributed by atoms with Gasteiger partial charge in [-0.2, -0.15) is 0 Å². The van der Waals surface area contributed by atoms with E-state index in [1.165, 1.54) is 24.8 Å². The van der Waals surface area contributed by atoms with E-state index in [9.17, 15) is 4.79 Å². The molecule has 2 nitrogen and oxygen atoms in total. The number of fused-ring (bicyclic) bond motifs is 5. The van der Waals surface area contributed by atoms with Crippen molar-refractivity contribution in [2.45, 2.75) is 50.9 Å². The molecule has 0 bridgehead atoms. The fraction of sp³-hybridized carbons (Fsp3) is 0.632. The van der Waals surface area contributed by atoms with Crippen molar-refractivity contribution in [3.63, 3.8) is 0 Å². The highest BCUT2D eigenvalue weighted by Gasteiger charge is 2.45. The number of methoxy groups -OCH3 is 1. The van der Waals surface area contributed by atoms with E-state index in [4.69, 9.17) is 4.74 Å². The largest absolute Gasteiger partial charge is 0.497 e. The number of ether oxygens (including phenoxy) is 1. The molecule has 2 fully saturated rings. The topological polar surface area (TPSA) is 26.3 Å². The molecule has 0 radical (unpaired) electrons. The smallest absolute Gasteiger partial charge is 0.136 e. The molecule has 1 aromatic rings. The molecule has 112 valence electrons. The van der Waals surface area contributed by atoms with Crippen LogP contribution in [0.3, 0.4) is 0 Å². The maximum Gasteiger partial charge on any atom is 0.136 e. The van der Waals surface area contributed by atoms with Crippen LogP contribution in [0.2, 0.25) is 0 Å². The first-order valence-electron chi connectivity index (χ1n) is 8.47. The van der Waals surface area contributed by atoms with Crippen LogP contribution in [0.4, 0.5) is 0 Å². The molecule has 4 rings (SSSR count). The highest BCUT2D eigenvalue weighted by Crippen LogP contribution is 2.53. The van der Waals surface area contributed by atoms with Gasteiger partial charge in [-0.05, 0) is 79.5 Å². The van der Waals surface area contributed by atoms with Crippen molar-refractivity contribution < 1.29 is 9.53 Å². The van der Waals surface area contributed by atoms with E-state index >= 15 is 0 Å². The minimum Gasteiger partial charge on any atom is -0.497 e. The molecular weight excluding hydrogens is 260 g/mol. The molecule has 3 aliphatic rings. The van der Waals surface area contributed by atoms with Crippen LogP contribution in [0.1, 0.15) is 55.6 Å². The third-order valence-electron chi connectivity index (χ3n) is 6.24. The first-order valence-corrected chi connectivity index (χ1v) is 8.47. The molecule has 0 N–H and O–H groups in total. The van der Waals surface area contributed by atoms with Gasteiger partial charge in [0.1, 0.15) is 11.5 Å². The molecule has 0 saturated heterocycles. The van der Waals surface area contributed by atoms with Gasteiger partial charge in [0.05, 0.1) is 7.11 Å². The van der Waals surface area contributed by atoms with Crippen molar-refractivity contribution in [3.05, 3.63) is 29.3 Å². The van der Waals surface area contributed by atoms with Gasteiger partial charge < -0.3 is 4.74 Å². The van der Waals surface area contributed by atoms with Crippen molar-refractivity contribution in [1.29, 1.82) is 0 Å². The van der Waals surface area contributed by atoms with Crippen molar-refractivity contribution >= 4 is 5.78 Å². The van der Waals surface area contributed by atoms with Gasteiger partial charge in [0.25, 0.3) is 0 Å². The number of Topliss-reactive ketones (excluding diaryl/α,β-unsaturated/α-hetero) is 1. The summed E-state index contributed by atoms with van der Waals surface area (Å²) in [6, 6.07) is 6.62. The van der Waals surface area contributed by atoms with Crippen LogP contribution >= 0.6 is 0 Å². The van der Waals surface area contributed by atoms with Crippen LogP contribution in [0.5, 0.6) is 5.75 Å². The van der Waals surface area contributed by atoms with E-state index in [0.29, 0.717) is 23.5 Å². The summed E-state index contributed by atoms with van der Waals surface area (Å²) in [7, 11) is 1.74. The lowest BCUT2D eigenvalue weighted by Gasteiger charge is -2.47. The summed E-state index contributed by atoms with van der Waals surface area (Å²) in [4.78, 5) is 12.2. The summed E-state index contributed by atoms with van der Waals surface area (Å²) in [6.07, 6.45) is 7.99. The van der Waals surface area contributed by atoms with Crippen LogP contribution in [-0.4, -0.2) is 12.9 Å². The summed E-state index contributed by atoms with van der Waals surface area (Å²) in [5.74, 6) is 4.03. The highest BCUT2D eigenvalue weighted by molar-refractivity contribution is 5.82. The maximum absolute atomic E-state index is 12.2. The van der Waals surface area contributed by atoms with E-state index in [1.807, 2.05) is 0 Å². The lowest BCUT2D eigenvalue weighted by molar-refractivity contribution is -0.130. The number of aryl methyl sites for hydroxylation is 1. The zero-order chi connectivity index (χ0) is 14.4. The van der Waals surface area contributed by atoms with Gasteiger partial charge in [0, 0.05) is 12.3 Å². The van der Waals surface area contributed by atoms with Gasteiger partial charge in [-0.25, -0.2) is 0 Å². The normalized spacial score (nSPS) is 34.6. The van der Waals surface area contributed by atoms with Crippen LogP contribution in [-0.2, 0) is 11.2 Å². The standard InChI is InChI=1S/C19H24O2/c1-21-13-6-8-14-12(11-13)5-7-17-15-3-2-4-19(20)18(15)10-9-16(14)17/h6,8,11,15-18H,2-5,7,9-10H2,1H3/t15-,16-,17-,18-/m1/s1. The van der Waals surface area contributed by atoms with Gasteiger partial charge in [-0.3, -0.25) is 4.79 Å². The molecule has 0 spiro atoms. The molecule has 3 aliphatic carbocycles. The quantitative estimate of drug-likeness (QED) is 0.775. The zero-order valence-corrected chi connectivity index (χ0v) is 12.8. The summed E-state index contributed by atoms with van der Waals surface area (Å²) < 4.78 is 5.37. The number of benzene rings is 1. The summed E-state index contributed by atoms with van der Waals surface area (Å²) in [5, 5.41) is 0. The Kier molecular flexibility index (Phi) is 3.28. The van der Waals surface area contributed by atoms with Gasteiger partial charge in [0.15, 0.2) is 0 Å². The minimum absolute atomic E-state index is 0.389. The lowest BCUT2D eigenvalue weighted by Crippen LogP contribution is -2.41. The number of ketones is 1. The second-order valence-corrected chi connectivity index (χ2v) is 7.08. The Labute approximate surface area is 126 Å². The van der Waals surface area contributed by atoms with Crippen molar-refractivity contribution in [2.75, 3.05) is 7.11 Å². The average molecular weight is 284 g/mol. The summed E-state index contributed by atoms with van der Waals surface area (Å²) in [6.45, 7) is 0. The van der Waals surface area contributed by atoms with Gasteiger partial charge in [-0.15, -0.1) is 0 Å². The first kappa shape index (κ1) is 13.4. The molecule has 2 heteroatoms. The Balaban J connectivity index is 1.66. The SMILES string of the molecule is COc1ccc2c(c1)CC[C@@H]1[C@H]3CCCC(=O)[C@@H]3CC[C@H]21. The van der Waals surface area contributed by atoms with E-state index in [2.05, 4.69) is 18.2 Å². The van der Waals surface area contributed by atoms with Crippen LogP contribution < -0.4 is 4.74 Å². The minimum atomic E-state index is 0.389. The van der Waals surface area contributed by atoms with E-state index in [1.54, 1.807) is 12.7 Å². The summed E-state index contributed by atoms with van der Waals surface area (Å²) >= 11 is 0. The highest BCUT2D eigenvalue weighted by atomic mass is 16.5. The molecule has 0 unspecified atom stereocenters. The number of carbonyl (C=O) groups is 1. The Morgan fingerprint density at radius 1 is 1.00 bits per heavy atom. The Morgan fingerprint density at radius 3 is 2.67 bits per heavy atom. The van der Waals surface area contributed by atoms with Crippen LogP contribution in [0.15, 0.2) is 18.2 Å². The van der Waals surface area contributed by atoms with Crippen molar-refractivity contribution in [3.8, 4) is 5.75 Å². The summed E-state index contributed by atoms with van der Waals surface area (Å²) in [5.41, 5.74) is 3.03. The third kappa shape index (κ3) is 2.11. The Hall–Kier alpha value is -1.31. The van der Waals surface area contributed by atoms with E-state index < -0.39 is 0 Å². The Bertz CT molecular complexity index is 563. The molecule has 0 aliphatic heterocycles. The molecule has 4 atom stereocenters. The average Bonchev–Trinajstić information content (AvgIpc) is 2.54. The van der Waals surface area contributed by atoms with Gasteiger partial charge >= 0.3 is 0 Å². The lowest BCUT2D eigenvalue weighted by atomic mass is 9.56. The Morgan fingerprint density at radius 2 is 1.81 bits per heavy atom. The van der Waals surface area contributed by atoms with Gasteiger partial charge in [0.2, 0.25) is 0 Å². The monoisotopic (exact) mass is 284 g/mol. The third-order valence-corrected chi connectivity index (χ3v) is 6.24. The second kappa shape index (κ2) is 5.15. The maximum atomic E-state index is 12.2. The molecule has 0 aromatic heterocycles. The fourth-order valence-corrected chi connectivity index (χ4v) is 5.31. The number of carbonyl (C=O) groups excluding carboxylic acids is 1. The molecule has 0 heterocycles. The number of rotatable bonds is 1. The van der Waals surface area contributed by atoms with Crippen LogP contribution in [0.25, 0.3) is 0 Å². The van der Waals surface area contributed by atoms with E-state index in [-0.39, 0.29) is 0 Å². The van der Waals surface area contributed by atoms with Crippen molar-refractivity contribution in [2.24, 2.45) is 17.8 Å². The molecule has 21 heavy (non-hydrogen) atoms. The van der Waals surface area contributed by atoms with Crippen LogP contribution in [0, 0.1) is 17.8 Å². The molecule has 0 amide bonds. The fourth-order valence-electron chi connectivity index (χ4n) is 5.31. The first-order chi connectivity index (χ1) is 10.3. The second-order valence-electron chi connectivity index (χ2n) is 7.08. The molecule has 1 aromatic carbocycles. The van der Waals surface area contributed by atoms with Crippen molar-refractivity contribution in [1.82, 2.24) is 0 Å². The molecular formula is C19H24O2. The van der Waals surface area contributed by atoms with E-state index in [0.717, 1.165) is 37.4 Å². The van der Waals surface area contributed by atoms with Gasteiger partial charge in [-0.1, -0.05) is 6.07 Å². The zero-order valence-electron chi connectivity index (χ0n) is 12.8. The predicted octanol–water partition coefficient (Wildman–Crippen LogP) is 4.12. The number of hydrogen-bond acceptors (Lipinski definition) is 2. The predicted molar refractivity (Wildman–Crippen MR) is 82.6 cm³/mol.